The van der Waals surface area contributed by atoms with Crippen molar-refractivity contribution in [3.63, 3.8) is 0 Å². The number of allylic oxidation sites excluding steroid dienone is 5. The first-order valence-electron chi connectivity index (χ1n) is 18.0. The maximum Gasteiger partial charge on any atom is 0.253 e. The molecule has 6 bridgehead atoms. The van der Waals surface area contributed by atoms with Crippen LogP contribution in [0.3, 0.4) is 0 Å². The SMILES string of the molecule is C=C1CC(=O)[C@@H]2CCCN(N2)C(=O)[C@@H](N)C[C@H]2CN(CCO2)c2ccc3c(c2)C(=C(c2cc(/C=C/C)cnc2[C@H](C)OC)C3=C)CC(C)(C)C1. The number of benzene rings is 1. The molecule has 1 aliphatic carbocycles. The van der Waals surface area contributed by atoms with Crippen molar-refractivity contribution in [1.29, 1.82) is 0 Å². The summed E-state index contributed by atoms with van der Waals surface area (Å²) < 4.78 is 12.0. The molecule has 4 aliphatic rings. The number of nitrogens with one attached hydrogen (secondary N) is 1. The van der Waals surface area contributed by atoms with Crippen LogP contribution in [0, 0.1) is 5.41 Å². The van der Waals surface area contributed by atoms with E-state index in [9.17, 15) is 9.59 Å². The van der Waals surface area contributed by atoms with Crippen LogP contribution < -0.4 is 16.1 Å². The van der Waals surface area contributed by atoms with E-state index in [4.69, 9.17) is 20.2 Å². The number of rotatable bonds is 4. The molecule has 0 radical (unpaired) electrons. The van der Waals surface area contributed by atoms with E-state index < -0.39 is 12.1 Å². The molecule has 4 atom stereocenters. The Morgan fingerprint density at radius 1 is 1.14 bits per heavy atom. The summed E-state index contributed by atoms with van der Waals surface area (Å²) in [5, 5.41) is 1.56. The number of hydrazine groups is 1. The highest BCUT2D eigenvalue weighted by atomic mass is 16.5. The molecular formula is C41H53N5O4. The normalized spacial score (nSPS) is 25.5. The minimum absolute atomic E-state index is 0.0512. The maximum absolute atomic E-state index is 13.6. The van der Waals surface area contributed by atoms with Gasteiger partial charge in [0.1, 0.15) is 0 Å². The van der Waals surface area contributed by atoms with Gasteiger partial charge in [0.15, 0.2) is 5.78 Å². The molecule has 266 valence electrons. The number of nitrogens with zero attached hydrogens (tertiary/aromatic N) is 3. The Kier molecular flexibility index (Phi) is 10.6. The average Bonchev–Trinajstić information content (AvgIpc) is 3.36. The summed E-state index contributed by atoms with van der Waals surface area (Å²) in [6.45, 7) is 20.0. The van der Waals surface area contributed by atoms with Gasteiger partial charge in [0.2, 0.25) is 0 Å². The fraction of sp³-hybridized carbons (Fsp3) is 0.488. The van der Waals surface area contributed by atoms with Gasteiger partial charge in [-0.2, -0.15) is 0 Å². The summed E-state index contributed by atoms with van der Waals surface area (Å²) in [7, 11) is 1.71. The van der Waals surface area contributed by atoms with Crippen LogP contribution >= 0.6 is 0 Å². The van der Waals surface area contributed by atoms with Crippen LogP contribution in [0.25, 0.3) is 22.8 Å². The van der Waals surface area contributed by atoms with Crippen LogP contribution in [-0.2, 0) is 19.1 Å². The highest BCUT2D eigenvalue weighted by Gasteiger charge is 2.36. The van der Waals surface area contributed by atoms with E-state index in [-0.39, 0.29) is 35.7 Å². The molecule has 1 aromatic heterocycles. The first-order valence-corrected chi connectivity index (χ1v) is 18.0. The van der Waals surface area contributed by atoms with Gasteiger partial charge in [-0.05, 0) is 103 Å². The Labute approximate surface area is 297 Å². The lowest BCUT2D eigenvalue weighted by atomic mass is 9.77. The highest BCUT2D eigenvalue weighted by Crippen LogP contribution is 2.52. The molecule has 3 aliphatic heterocycles. The van der Waals surface area contributed by atoms with E-state index in [0.29, 0.717) is 39.0 Å². The van der Waals surface area contributed by atoms with Gasteiger partial charge in [-0.1, -0.05) is 50.8 Å². The number of morpholine rings is 1. The highest BCUT2D eigenvalue weighted by molar-refractivity contribution is 6.21. The molecule has 2 fully saturated rings. The van der Waals surface area contributed by atoms with Gasteiger partial charge in [-0.25, -0.2) is 5.43 Å². The molecule has 6 rings (SSSR count). The van der Waals surface area contributed by atoms with Crippen molar-refractivity contribution in [2.75, 3.05) is 38.3 Å². The van der Waals surface area contributed by atoms with Gasteiger partial charge < -0.3 is 20.1 Å². The Bertz CT molecular complexity index is 1740. The molecule has 1 aromatic carbocycles. The second-order valence-corrected chi connectivity index (χ2v) is 15.1. The van der Waals surface area contributed by atoms with Crippen LogP contribution in [0.5, 0.6) is 0 Å². The number of amides is 1. The van der Waals surface area contributed by atoms with Crippen molar-refractivity contribution in [2.24, 2.45) is 11.1 Å². The maximum atomic E-state index is 13.6. The fourth-order valence-corrected chi connectivity index (χ4v) is 8.12. The van der Waals surface area contributed by atoms with E-state index >= 15 is 0 Å². The number of aromatic nitrogens is 1. The number of anilines is 1. The van der Waals surface area contributed by atoms with E-state index in [2.05, 4.69) is 67.7 Å². The van der Waals surface area contributed by atoms with Crippen molar-refractivity contribution in [3.8, 4) is 0 Å². The van der Waals surface area contributed by atoms with Gasteiger partial charge in [0.05, 0.1) is 36.6 Å². The fourth-order valence-electron chi connectivity index (χ4n) is 8.12. The van der Waals surface area contributed by atoms with Gasteiger partial charge >= 0.3 is 0 Å². The summed E-state index contributed by atoms with van der Waals surface area (Å²) in [5.74, 6) is -0.148. The van der Waals surface area contributed by atoms with Gasteiger partial charge in [0, 0.05) is 50.6 Å². The van der Waals surface area contributed by atoms with Crippen LogP contribution in [0.2, 0.25) is 0 Å². The topological polar surface area (TPSA) is 110 Å². The summed E-state index contributed by atoms with van der Waals surface area (Å²) in [6.07, 6.45) is 9.02. The van der Waals surface area contributed by atoms with Crippen LogP contribution in [-0.4, -0.2) is 73.2 Å². The average molecular weight is 680 g/mol. The molecule has 2 aromatic rings. The molecule has 1 amide bonds. The number of carbonyl (C=O) groups is 2. The zero-order chi connectivity index (χ0) is 35.7. The molecular weight excluding hydrogens is 626 g/mol. The molecule has 0 unspecified atom stereocenters. The first-order chi connectivity index (χ1) is 23.9. The summed E-state index contributed by atoms with van der Waals surface area (Å²) in [4.78, 5) is 34.3. The van der Waals surface area contributed by atoms with Crippen LogP contribution in [0.1, 0.15) is 100 Å². The monoisotopic (exact) mass is 679 g/mol. The number of pyridine rings is 1. The Morgan fingerprint density at radius 2 is 1.94 bits per heavy atom. The first kappa shape index (κ1) is 35.9. The summed E-state index contributed by atoms with van der Waals surface area (Å²) >= 11 is 0. The number of fused-ring (bicyclic) bond motifs is 6. The smallest absolute Gasteiger partial charge is 0.253 e. The molecule has 50 heavy (non-hydrogen) atoms. The minimum atomic E-state index is -0.741. The van der Waals surface area contributed by atoms with Crippen LogP contribution in [0.4, 0.5) is 5.69 Å². The third kappa shape index (κ3) is 7.42. The van der Waals surface area contributed by atoms with E-state index in [1.807, 2.05) is 26.1 Å². The second-order valence-electron chi connectivity index (χ2n) is 15.1. The molecule has 4 heterocycles. The quantitative estimate of drug-likeness (QED) is 0.352. The third-order valence-corrected chi connectivity index (χ3v) is 10.6. The van der Waals surface area contributed by atoms with Crippen molar-refractivity contribution in [2.45, 2.75) is 90.5 Å². The van der Waals surface area contributed by atoms with E-state index in [1.165, 1.54) is 5.57 Å². The lowest BCUT2D eigenvalue weighted by Crippen LogP contribution is -2.59. The Balaban J connectivity index is 1.47. The summed E-state index contributed by atoms with van der Waals surface area (Å²) in [6, 6.07) is 7.67. The van der Waals surface area contributed by atoms with Crippen LogP contribution in [0.15, 0.2) is 55.3 Å². The number of ketones is 1. The number of Topliss-reactive ketones (excluding diaryl/α,β-unsaturated/α-hetero) is 1. The van der Waals surface area contributed by atoms with Gasteiger partial charge in [-0.15, -0.1) is 0 Å². The molecule has 0 spiro atoms. The summed E-state index contributed by atoms with van der Waals surface area (Å²) in [5.41, 5.74) is 19.9. The van der Waals surface area contributed by atoms with Gasteiger partial charge in [0.25, 0.3) is 5.91 Å². The number of ether oxygens (including phenoxy) is 2. The zero-order valence-electron chi connectivity index (χ0n) is 30.4. The molecule has 2 saturated heterocycles. The van der Waals surface area contributed by atoms with Crippen molar-refractivity contribution < 1.29 is 19.1 Å². The third-order valence-electron chi connectivity index (χ3n) is 10.6. The number of carbonyl (C=O) groups excluding carboxylic acids is 2. The minimum Gasteiger partial charge on any atom is -0.375 e. The molecule has 9 nitrogen and oxygen atoms in total. The number of hydrogen-bond acceptors (Lipinski definition) is 8. The Hall–Kier alpha value is -3.89. The lowest BCUT2D eigenvalue weighted by Gasteiger charge is -2.37. The molecule has 9 heteroatoms. The van der Waals surface area contributed by atoms with Crippen molar-refractivity contribution in [1.82, 2.24) is 15.4 Å². The number of methoxy groups -OCH3 is 1. The van der Waals surface area contributed by atoms with E-state index in [1.54, 1.807) is 12.1 Å². The predicted octanol–water partition coefficient (Wildman–Crippen LogP) is 6.51. The molecule has 3 N–H and O–H groups in total. The standard InChI is InChI=1S/C41H53N5O4/c1-8-10-28-18-33(39(43-23-28)27(4)49-7)38-26(3)31-13-12-29-19-32(31)34(38)22-41(5,6)21-25(2)17-37(47)36-11-9-14-46(44-36)40(48)35(42)20-30-24-45(29)15-16-50-30/h8,10,12-13,18-19,23,27,30,35-36,44H,2-3,9,11,14-17,20-22,24,42H2,1,4-7H3/b10-8+/t27-,30-,35-,36-/m0/s1. The predicted molar refractivity (Wildman–Crippen MR) is 201 cm³/mol. The number of hydrogen-bond donors (Lipinski definition) is 2. The van der Waals surface area contributed by atoms with Crippen molar-refractivity contribution >= 4 is 40.2 Å². The second kappa shape index (κ2) is 14.8. The molecule has 0 saturated carbocycles. The van der Waals surface area contributed by atoms with Gasteiger partial charge in [-0.3, -0.25) is 19.6 Å². The van der Waals surface area contributed by atoms with E-state index in [0.717, 1.165) is 69.7 Å². The zero-order valence-corrected chi connectivity index (χ0v) is 30.4. The lowest BCUT2D eigenvalue weighted by molar-refractivity contribution is -0.141. The van der Waals surface area contributed by atoms with Crippen molar-refractivity contribution in [3.05, 3.63) is 83.2 Å². The number of nitrogens with two attached hydrogens (primary N) is 1. The largest absolute Gasteiger partial charge is 0.375 e. The Morgan fingerprint density at radius 3 is 2.70 bits per heavy atom.